The lowest BCUT2D eigenvalue weighted by atomic mass is 9.47. The molecule has 1 N–H and O–H groups in total. The number of rotatable bonds is 3. The minimum atomic E-state index is -0.135. The van der Waals surface area contributed by atoms with Crippen molar-refractivity contribution < 1.29 is 14.5 Å². The van der Waals surface area contributed by atoms with E-state index in [1.54, 1.807) is 0 Å². The summed E-state index contributed by atoms with van der Waals surface area (Å²) in [6.07, 6.45) is 15.3. The van der Waals surface area contributed by atoms with Gasteiger partial charge in [0.05, 0.1) is 6.10 Å². The number of fused-ring (bicyclic) bond motifs is 5. The molecular formula is C26H36NO2+. The Morgan fingerprint density at radius 1 is 1.07 bits per heavy atom. The Labute approximate surface area is 175 Å². The van der Waals surface area contributed by atoms with Gasteiger partial charge in [0.15, 0.2) is 12.4 Å². The first-order chi connectivity index (χ1) is 13.9. The van der Waals surface area contributed by atoms with E-state index in [-0.39, 0.29) is 22.9 Å². The first-order valence-electron chi connectivity index (χ1n) is 11.8. The molecule has 0 aromatic carbocycles. The molecule has 0 saturated heterocycles. The van der Waals surface area contributed by atoms with Crippen LogP contribution in [-0.2, 0) is 11.3 Å². The van der Waals surface area contributed by atoms with E-state index in [1.807, 2.05) is 35.2 Å². The molecular weight excluding hydrogens is 358 g/mol. The van der Waals surface area contributed by atoms with E-state index in [4.69, 9.17) is 0 Å². The number of carbonyl (C=O) groups excluding carboxylic acids is 1. The van der Waals surface area contributed by atoms with E-state index in [1.165, 1.54) is 24.8 Å². The molecule has 4 aliphatic rings. The minimum absolute atomic E-state index is 0.135. The average Bonchev–Trinajstić information content (AvgIpc) is 3.06. The zero-order chi connectivity index (χ0) is 20.2. The van der Waals surface area contributed by atoms with Gasteiger partial charge in [0, 0.05) is 18.1 Å². The molecule has 156 valence electrons. The van der Waals surface area contributed by atoms with E-state index in [0.29, 0.717) is 18.2 Å². The van der Waals surface area contributed by atoms with Crippen LogP contribution >= 0.6 is 0 Å². The van der Waals surface area contributed by atoms with E-state index >= 15 is 0 Å². The Kier molecular flexibility index (Phi) is 4.73. The summed E-state index contributed by atoms with van der Waals surface area (Å²) >= 11 is 0. The highest BCUT2D eigenvalue weighted by molar-refractivity contribution is 5.81. The third kappa shape index (κ3) is 3.03. The highest BCUT2D eigenvalue weighted by Gasteiger charge is 2.59. The average molecular weight is 395 g/mol. The van der Waals surface area contributed by atoms with Gasteiger partial charge in [-0.25, -0.2) is 0 Å². The molecule has 5 rings (SSSR count). The monoisotopic (exact) mass is 394 g/mol. The van der Waals surface area contributed by atoms with E-state index in [0.717, 1.165) is 43.9 Å². The van der Waals surface area contributed by atoms with Gasteiger partial charge in [-0.1, -0.05) is 31.6 Å². The van der Waals surface area contributed by atoms with Crippen molar-refractivity contribution in [1.82, 2.24) is 0 Å². The molecule has 4 aliphatic carbocycles. The van der Waals surface area contributed by atoms with Crippen LogP contribution in [0.25, 0.3) is 0 Å². The van der Waals surface area contributed by atoms with Crippen molar-refractivity contribution in [1.29, 1.82) is 0 Å². The van der Waals surface area contributed by atoms with Crippen LogP contribution in [0.2, 0.25) is 0 Å². The van der Waals surface area contributed by atoms with Gasteiger partial charge < -0.3 is 5.11 Å². The van der Waals surface area contributed by atoms with Crippen LogP contribution in [0.4, 0.5) is 0 Å². The summed E-state index contributed by atoms with van der Waals surface area (Å²) in [5, 5.41) is 10.2. The quantitative estimate of drug-likeness (QED) is 0.606. The standard InChI is InChI=1S/C26H36NO2/c1-25-12-10-19(28)16-18(25)6-7-20-21-8-9-23(26(21,2)13-11-22(20)25)24(29)17-27-14-4-3-5-15-27/h3-6,14-15,19-23,28H,7-13,16-17H2,1-2H3/q+1/t19-,20+,21+,22-,23+,25-,26-/m0/s1. The number of allylic oxidation sites excluding steroid dienone is 1. The van der Waals surface area contributed by atoms with Gasteiger partial charge in [0.1, 0.15) is 0 Å². The van der Waals surface area contributed by atoms with Gasteiger partial charge in [-0.05, 0) is 80.0 Å². The van der Waals surface area contributed by atoms with Crippen molar-refractivity contribution in [3.8, 4) is 0 Å². The largest absolute Gasteiger partial charge is 0.393 e. The zero-order valence-corrected chi connectivity index (χ0v) is 18.0. The Morgan fingerprint density at radius 3 is 2.66 bits per heavy atom. The highest BCUT2D eigenvalue weighted by atomic mass is 16.3. The first kappa shape index (κ1) is 19.5. The number of hydrogen-bond donors (Lipinski definition) is 1. The number of nitrogens with zero attached hydrogens (tertiary/aromatic N) is 1. The highest BCUT2D eigenvalue weighted by Crippen LogP contribution is 2.66. The first-order valence-corrected chi connectivity index (χ1v) is 11.8. The molecule has 3 heteroatoms. The number of hydrogen-bond acceptors (Lipinski definition) is 2. The summed E-state index contributed by atoms with van der Waals surface area (Å²) in [4.78, 5) is 13.3. The molecule has 0 radical (unpaired) electrons. The number of aliphatic hydroxyl groups excluding tert-OH is 1. The van der Waals surface area contributed by atoms with Gasteiger partial charge in [-0.3, -0.25) is 4.79 Å². The predicted molar refractivity (Wildman–Crippen MR) is 113 cm³/mol. The predicted octanol–water partition coefficient (Wildman–Crippen LogP) is 4.48. The van der Waals surface area contributed by atoms with Crippen LogP contribution in [0, 0.1) is 34.5 Å². The number of aliphatic hydroxyl groups is 1. The molecule has 1 aromatic heterocycles. The Hall–Kier alpha value is -1.48. The van der Waals surface area contributed by atoms with Gasteiger partial charge in [0.2, 0.25) is 12.3 Å². The van der Waals surface area contributed by atoms with Crippen LogP contribution in [-0.4, -0.2) is 17.0 Å². The van der Waals surface area contributed by atoms with Crippen LogP contribution in [0.3, 0.4) is 0 Å². The number of pyridine rings is 1. The fourth-order valence-electron chi connectivity index (χ4n) is 8.00. The Bertz CT molecular complexity index is 817. The number of aromatic nitrogens is 1. The SMILES string of the molecule is C[C@]12CC[C@H]3[C@H](CC=C4C[C@@H](O)CC[C@@]43C)[C@H]1CC[C@@H]2C(=O)C[n+]1ccccc1. The molecule has 1 aromatic rings. The summed E-state index contributed by atoms with van der Waals surface area (Å²) in [7, 11) is 0. The number of carbonyl (C=O) groups is 1. The van der Waals surface area contributed by atoms with E-state index in [2.05, 4.69) is 19.9 Å². The molecule has 3 saturated carbocycles. The second-order valence-electron chi connectivity index (χ2n) is 10.8. The molecule has 3 nitrogen and oxygen atoms in total. The fraction of sp³-hybridized carbons (Fsp3) is 0.692. The van der Waals surface area contributed by atoms with Crippen molar-refractivity contribution in [2.45, 2.75) is 77.9 Å². The topological polar surface area (TPSA) is 41.2 Å². The summed E-state index contributed by atoms with van der Waals surface area (Å²) in [6, 6.07) is 6.02. The fourth-order valence-corrected chi connectivity index (χ4v) is 8.00. The Morgan fingerprint density at radius 2 is 1.86 bits per heavy atom. The molecule has 7 atom stereocenters. The van der Waals surface area contributed by atoms with Crippen LogP contribution in [0.5, 0.6) is 0 Å². The van der Waals surface area contributed by atoms with E-state index in [9.17, 15) is 9.90 Å². The molecule has 0 bridgehead atoms. The van der Waals surface area contributed by atoms with Gasteiger partial charge in [0.25, 0.3) is 0 Å². The molecule has 0 unspecified atom stereocenters. The van der Waals surface area contributed by atoms with Crippen LogP contribution < -0.4 is 4.57 Å². The second kappa shape index (κ2) is 7.04. The summed E-state index contributed by atoms with van der Waals surface area (Å²) < 4.78 is 2.04. The van der Waals surface area contributed by atoms with Crippen molar-refractivity contribution in [2.75, 3.05) is 0 Å². The molecule has 0 spiro atoms. The van der Waals surface area contributed by atoms with Crippen LogP contribution in [0.15, 0.2) is 42.2 Å². The number of ketones is 1. The van der Waals surface area contributed by atoms with E-state index < -0.39 is 0 Å². The normalized spacial score (nSPS) is 43.7. The molecule has 0 amide bonds. The van der Waals surface area contributed by atoms with Crippen LogP contribution in [0.1, 0.15) is 65.2 Å². The van der Waals surface area contributed by atoms with Gasteiger partial charge >= 0.3 is 0 Å². The number of Topliss-reactive ketones (excluding diaryl/α,β-unsaturated/α-hetero) is 1. The lowest BCUT2D eigenvalue weighted by molar-refractivity contribution is -0.684. The molecule has 3 fully saturated rings. The van der Waals surface area contributed by atoms with Gasteiger partial charge in [-0.2, -0.15) is 4.57 Å². The molecule has 0 aliphatic heterocycles. The minimum Gasteiger partial charge on any atom is -0.393 e. The van der Waals surface area contributed by atoms with Crippen molar-refractivity contribution in [3.05, 3.63) is 42.2 Å². The van der Waals surface area contributed by atoms with Crippen molar-refractivity contribution in [3.63, 3.8) is 0 Å². The van der Waals surface area contributed by atoms with Gasteiger partial charge in [-0.15, -0.1) is 0 Å². The lowest BCUT2D eigenvalue weighted by Gasteiger charge is -2.57. The molecule has 1 heterocycles. The smallest absolute Gasteiger partial charge is 0.206 e. The molecule has 29 heavy (non-hydrogen) atoms. The summed E-state index contributed by atoms with van der Waals surface area (Å²) in [5.41, 5.74) is 1.99. The third-order valence-electron chi connectivity index (χ3n) is 9.58. The van der Waals surface area contributed by atoms with Crippen molar-refractivity contribution in [2.24, 2.45) is 34.5 Å². The maximum atomic E-state index is 13.3. The maximum absolute atomic E-state index is 13.3. The zero-order valence-electron chi connectivity index (χ0n) is 18.0. The maximum Gasteiger partial charge on any atom is 0.206 e. The second-order valence-corrected chi connectivity index (χ2v) is 10.8. The van der Waals surface area contributed by atoms with Crippen molar-refractivity contribution >= 4 is 5.78 Å². The Balaban J connectivity index is 1.38. The third-order valence-corrected chi connectivity index (χ3v) is 9.58. The lowest BCUT2D eigenvalue weighted by Crippen LogP contribution is -2.51. The summed E-state index contributed by atoms with van der Waals surface area (Å²) in [5.74, 6) is 2.79. The summed E-state index contributed by atoms with van der Waals surface area (Å²) in [6.45, 7) is 5.43.